The van der Waals surface area contributed by atoms with Gasteiger partial charge in [-0.15, -0.1) is 0 Å². The number of aryl methyl sites for hydroxylation is 1. The van der Waals surface area contributed by atoms with E-state index < -0.39 is 5.97 Å². The van der Waals surface area contributed by atoms with Crippen molar-refractivity contribution in [1.29, 1.82) is 5.26 Å². The largest absolute Gasteiger partial charge is 0.478 e. The van der Waals surface area contributed by atoms with E-state index in [1.807, 2.05) is 26.0 Å². The first kappa shape index (κ1) is 20.9. The van der Waals surface area contributed by atoms with Gasteiger partial charge in [-0.1, -0.05) is 30.3 Å². The summed E-state index contributed by atoms with van der Waals surface area (Å²) in [6, 6.07) is 21.0. The van der Waals surface area contributed by atoms with Crippen LogP contribution in [0.1, 0.15) is 40.0 Å². The molecule has 1 heterocycles. The Morgan fingerprint density at radius 2 is 1.81 bits per heavy atom. The molecule has 0 saturated heterocycles. The molecule has 3 N–H and O–H groups in total. The Kier molecular flexibility index (Phi) is 5.48. The lowest BCUT2D eigenvalue weighted by molar-refractivity contribution is 0.0698. The number of nitrogens with zero attached hydrogens (tertiary/aromatic N) is 1. The van der Waals surface area contributed by atoms with E-state index in [1.165, 1.54) is 0 Å². The topological polar surface area (TPSA) is 106 Å². The van der Waals surface area contributed by atoms with Crippen molar-refractivity contribution in [3.8, 4) is 17.3 Å². The smallest absolute Gasteiger partial charge is 0.337 e. The summed E-state index contributed by atoms with van der Waals surface area (Å²) in [4.78, 5) is 27.9. The predicted molar refractivity (Wildman–Crippen MR) is 125 cm³/mol. The minimum absolute atomic E-state index is 0.110. The number of nitrogens with one attached hydrogen (secondary N) is 2. The van der Waals surface area contributed by atoms with E-state index in [1.54, 1.807) is 54.6 Å². The Morgan fingerprint density at radius 3 is 2.50 bits per heavy atom. The van der Waals surface area contributed by atoms with Crippen molar-refractivity contribution in [2.24, 2.45) is 0 Å². The maximum absolute atomic E-state index is 13.0. The number of para-hydroxylation sites is 1. The van der Waals surface area contributed by atoms with E-state index in [4.69, 9.17) is 5.26 Å². The average molecular weight is 423 g/mol. The number of carboxylic acid groups (broad SMARTS) is 1. The highest BCUT2D eigenvalue weighted by molar-refractivity contribution is 5.94. The van der Waals surface area contributed by atoms with Crippen LogP contribution in [0.15, 0.2) is 71.5 Å². The number of rotatable bonds is 5. The quantitative estimate of drug-likeness (QED) is 0.407. The van der Waals surface area contributed by atoms with Gasteiger partial charge in [0.15, 0.2) is 5.43 Å². The van der Waals surface area contributed by atoms with Crippen LogP contribution in [0, 0.1) is 18.3 Å². The van der Waals surface area contributed by atoms with Gasteiger partial charge in [0.1, 0.15) is 0 Å². The molecule has 6 heteroatoms. The molecule has 1 unspecified atom stereocenters. The molecule has 6 nitrogen and oxygen atoms in total. The predicted octanol–water partition coefficient (Wildman–Crippen LogP) is 5.25. The highest BCUT2D eigenvalue weighted by Crippen LogP contribution is 2.29. The maximum Gasteiger partial charge on any atom is 0.337 e. The number of carboxylic acids is 1. The van der Waals surface area contributed by atoms with Gasteiger partial charge in [-0.05, 0) is 60.9 Å². The van der Waals surface area contributed by atoms with Gasteiger partial charge in [-0.3, -0.25) is 4.79 Å². The van der Waals surface area contributed by atoms with Crippen molar-refractivity contribution in [3.63, 3.8) is 0 Å². The van der Waals surface area contributed by atoms with Crippen molar-refractivity contribution in [3.05, 3.63) is 99.2 Å². The van der Waals surface area contributed by atoms with E-state index in [0.717, 1.165) is 16.7 Å². The van der Waals surface area contributed by atoms with Gasteiger partial charge in [-0.2, -0.15) is 5.26 Å². The van der Waals surface area contributed by atoms with E-state index in [2.05, 4.69) is 16.4 Å². The molecule has 0 bridgehead atoms. The second-order valence-electron chi connectivity index (χ2n) is 7.73. The monoisotopic (exact) mass is 423 g/mol. The number of hydrogen-bond acceptors (Lipinski definition) is 4. The highest BCUT2D eigenvalue weighted by atomic mass is 16.4. The lowest BCUT2D eigenvalue weighted by Gasteiger charge is -2.20. The number of carbonyl (C=O) groups is 1. The van der Waals surface area contributed by atoms with Crippen LogP contribution in [-0.2, 0) is 0 Å². The van der Waals surface area contributed by atoms with Gasteiger partial charge in [0, 0.05) is 22.8 Å². The third kappa shape index (κ3) is 3.96. The van der Waals surface area contributed by atoms with Crippen LogP contribution in [0.3, 0.4) is 0 Å². The Labute approximate surface area is 184 Å². The second-order valence-corrected chi connectivity index (χ2v) is 7.73. The number of nitriles is 1. The Hall–Kier alpha value is -4.37. The van der Waals surface area contributed by atoms with Gasteiger partial charge >= 0.3 is 5.97 Å². The van der Waals surface area contributed by atoms with Crippen molar-refractivity contribution in [1.82, 2.24) is 4.98 Å². The molecule has 0 spiro atoms. The molecule has 1 atom stereocenters. The molecule has 4 aromatic rings. The summed E-state index contributed by atoms with van der Waals surface area (Å²) in [6.07, 6.45) is 0. The molecule has 0 amide bonds. The number of aromatic nitrogens is 1. The lowest BCUT2D eigenvalue weighted by Crippen LogP contribution is -2.13. The Morgan fingerprint density at radius 1 is 1.09 bits per heavy atom. The summed E-state index contributed by atoms with van der Waals surface area (Å²) in [5, 5.41) is 22.4. The van der Waals surface area contributed by atoms with Crippen LogP contribution in [0.2, 0.25) is 0 Å². The summed E-state index contributed by atoms with van der Waals surface area (Å²) in [5.74, 6) is -1.01. The summed E-state index contributed by atoms with van der Waals surface area (Å²) in [6.45, 7) is 3.86. The SMILES string of the molecule is Cc1cc(C(C)Nc2ccccc2C(=O)O)c2[nH]c(-c3ccc(C#N)cc3)cc(=O)c2c1. The first-order valence-corrected chi connectivity index (χ1v) is 10.1. The highest BCUT2D eigenvalue weighted by Gasteiger charge is 2.17. The van der Waals surface area contributed by atoms with Crippen LogP contribution < -0.4 is 10.7 Å². The van der Waals surface area contributed by atoms with Crippen molar-refractivity contribution < 1.29 is 9.90 Å². The number of pyridine rings is 1. The van der Waals surface area contributed by atoms with Crippen molar-refractivity contribution in [2.45, 2.75) is 19.9 Å². The Bertz CT molecular complexity index is 1430. The molecule has 1 aromatic heterocycles. The number of fused-ring (bicyclic) bond motifs is 1. The summed E-state index contributed by atoms with van der Waals surface area (Å²) in [5.41, 5.74) is 5.05. The summed E-state index contributed by atoms with van der Waals surface area (Å²) in [7, 11) is 0. The van der Waals surface area contributed by atoms with Crippen LogP contribution >= 0.6 is 0 Å². The molecular weight excluding hydrogens is 402 g/mol. The maximum atomic E-state index is 13.0. The van der Waals surface area contributed by atoms with Gasteiger partial charge in [-0.25, -0.2) is 4.79 Å². The fourth-order valence-electron chi connectivity index (χ4n) is 3.86. The van der Waals surface area contributed by atoms with Crippen LogP contribution in [0.5, 0.6) is 0 Å². The number of H-pyrrole nitrogens is 1. The zero-order chi connectivity index (χ0) is 22.8. The number of benzene rings is 3. The molecular formula is C26H21N3O3. The normalized spacial score (nSPS) is 11.7. The van der Waals surface area contributed by atoms with Gasteiger partial charge in [0.25, 0.3) is 0 Å². The minimum Gasteiger partial charge on any atom is -0.478 e. The molecule has 0 aliphatic heterocycles. The average Bonchev–Trinajstić information content (AvgIpc) is 2.79. The first-order valence-electron chi connectivity index (χ1n) is 10.1. The molecule has 0 aliphatic rings. The molecule has 4 rings (SSSR count). The minimum atomic E-state index is -1.01. The van der Waals surface area contributed by atoms with Crippen LogP contribution in [0.4, 0.5) is 5.69 Å². The molecule has 158 valence electrons. The lowest BCUT2D eigenvalue weighted by atomic mass is 9.98. The number of anilines is 1. The van der Waals surface area contributed by atoms with Gasteiger partial charge in [0.2, 0.25) is 0 Å². The van der Waals surface area contributed by atoms with E-state index in [-0.39, 0.29) is 17.0 Å². The number of hydrogen-bond donors (Lipinski definition) is 3. The van der Waals surface area contributed by atoms with Gasteiger partial charge in [0.05, 0.1) is 28.8 Å². The van der Waals surface area contributed by atoms with E-state index >= 15 is 0 Å². The molecule has 0 saturated carbocycles. The molecule has 0 fully saturated rings. The zero-order valence-corrected chi connectivity index (χ0v) is 17.6. The fraction of sp³-hybridized carbons (Fsp3) is 0.115. The van der Waals surface area contributed by atoms with Crippen molar-refractivity contribution >= 4 is 22.6 Å². The fourth-order valence-corrected chi connectivity index (χ4v) is 3.86. The van der Waals surface area contributed by atoms with E-state index in [9.17, 15) is 14.7 Å². The standard InChI is InChI=1S/C26H21N3O3/c1-15-11-20(16(2)28-22-6-4-3-5-19(22)26(31)32)25-21(12-15)24(30)13-23(29-25)18-9-7-17(14-27)8-10-18/h3-13,16,28H,1-2H3,(H,29,30)(H,31,32). The van der Waals surface area contributed by atoms with Crippen LogP contribution in [0.25, 0.3) is 22.2 Å². The summed E-state index contributed by atoms with van der Waals surface area (Å²) < 4.78 is 0. The number of aromatic carboxylic acids is 1. The van der Waals surface area contributed by atoms with E-state index in [0.29, 0.717) is 27.8 Å². The molecule has 32 heavy (non-hydrogen) atoms. The molecule has 0 aliphatic carbocycles. The van der Waals surface area contributed by atoms with Crippen molar-refractivity contribution in [2.75, 3.05) is 5.32 Å². The zero-order valence-electron chi connectivity index (χ0n) is 17.6. The molecule has 3 aromatic carbocycles. The first-order chi connectivity index (χ1) is 15.4. The second kappa shape index (κ2) is 8.40. The number of aromatic amines is 1. The summed E-state index contributed by atoms with van der Waals surface area (Å²) >= 11 is 0. The van der Waals surface area contributed by atoms with Crippen LogP contribution in [-0.4, -0.2) is 16.1 Å². The Balaban J connectivity index is 1.83. The van der Waals surface area contributed by atoms with Gasteiger partial charge < -0.3 is 15.4 Å². The molecule has 0 radical (unpaired) electrons. The third-order valence-electron chi connectivity index (χ3n) is 5.43. The third-order valence-corrected chi connectivity index (χ3v) is 5.43.